The van der Waals surface area contributed by atoms with Gasteiger partial charge in [0.1, 0.15) is 0 Å². The molecule has 1 aliphatic rings. The van der Waals surface area contributed by atoms with Gasteiger partial charge >= 0.3 is 5.97 Å². The third-order valence-corrected chi connectivity index (χ3v) is 2.83. The summed E-state index contributed by atoms with van der Waals surface area (Å²) in [4.78, 5) is 11.2. The van der Waals surface area contributed by atoms with Gasteiger partial charge in [-0.1, -0.05) is 12.1 Å². The number of carbonyl (C=O) groups is 1. The number of esters is 1. The van der Waals surface area contributed by atoms with Crippen molar-refractivity contribution in [3.05, 3.63) is 35.4 Å². The minimum atomic E-state index is -0.301. The van der Waals surface area contributed by atoms with Crippen molar-refractivity contribution in [2.75, 3.05) is 20.4 Å². The van der Waals surface area contributed by atoms with E-state index in [1.54, 1.807) is 13.0 Å². The first-order valence-electron chi connectivity index (χ1n) is 6.05. The Bertz CT molecular complexity index is 496. The molecule has 0 atom stereocenters. The maximum absolute atomic E-state index is 11.2. The van der Waals surface area contributed by atoms with Crippen LogP contribution in [0.1, 0.15) is 12.5 Å². The summed E-state index contributed by atoms with van der Waals surface area (Å²) in [5.74, 6) is 1.26. The normalized spacial score (nSPS) is 13.5. The van der Waals surface area contributed by atoms with E-state index in [0.29, 0.717) is 18.7 Å². The van der Waals surface area contributed by atoms with Gasteiger partial charge in [0.15, 0.2) is 11.5 Å². The lowest BCUT2D eigenvalue weighted by atomic mass is 10.2. The lowest BCUT2D eigenvalue weighted by Gasteiger charge is -2.04. The maximum atomic E-state index is 11.2. The molecule has 1 N–H and O–H groups in total. The third kappa shape index (κ3) is 3.48. The molecular formula is C14H17NO4. The van der Waals surface area contributed by atoms with Crippen LogP contribution in [-0.4, -0.2) is 26.4 Å². The van der Waals surface area contributed by atoms with Crippen molar-refractivity contribution in [2.45, 2.75) is 13.5 Å². The first kappa shape index (κ1) is 13.4. The number of carbonyl (C=O) groups excluding carboxylic acids is 1. The van der Waals surface area contributed by atoms with Crippen LogP contribution in [0.25, 0.3) is 0 Å². The molecule has 1 aromatic carbocycles. The molecule has 0 aliphatic carbocycles. The minimum absolute atomic E-state index is 0.285. The number of rotatable bonds is 5. The second-order valence-electron chi connectivity index (χ2n) is 4.20. The van der Waals surface area contributed by atoms with E-state index in [2.05, 4.69) is 10.1 Å². The highest BCUT2D eigenvalue weighted by Gasteiger charge is 2.12. The molecule has 0 spiro atoms. The first-order valence-corrected chi connectivity index (χ1v) is 6.05. The van der Waals surface area contributed by atoms with Crippen LogP contribution in [0.5, 0.6) is 11.5 Å². The van der Waals surface area contributed by atoms with E-state index < -0.39 is 0 Å². The van der Waals surface area contributed by atoms with Crippen LogP contribution >= 0.6 is 0 Å². The van der Waals surface area contributed by atoms with Gasteiger partial charge in [-0.3, -0.25) is 0 Å². The first-order chi connectivity index (χ1) is 9.20. The average molecular weight is 263 g/mol. The highest BCUT2D eigenvalue weighted by molar-refractivity contribution is 5.87. The molecule has 1 aromatic rings. The van der Waals surface area contributed by atoms with E-state index in [0.717, 1.165) is 17.1 Å². The van der Waals surface area contributed by atoms with E-state index in [1.165, 1.54) is 7.11 Å². The summed E-state index contributed by atoms with van der Waals surface area (Å²) >= 11 is 0. The molecule has 0 unspecified atom stereocenters. The molecule has 1 aliphatic heterocycles. The third-order valence-electron chi connectivity index (χ3n) is 2.83. The molecule has 2 rings (SSSR count). The van der Waals surface area contributed by atoms with Crippen molar-refractivity contribution in [1.29, 1.82) is 0 Å². The smallest absolute Gasteiger partial charge is 0.333 e. The Hall–Kier alpha value is -2.01. The molecule has 5 nitrogen and oxygen atoms in total. The quantitative estimate of drug-likeness (QED) is 0.497. The fourth-order valence-electron chi connectivity index (χ4n) is 1.74. The number of benzene rings is 1. The molecule has 19 heavy (non-hydrogen) atoms. The monoisotopic (exact) mass is 263 g/mol. The number of hydrogen-bond acceptors (Lipinski definition) is 5. The van der Waals surface area contributed by atoms with Gasteiger partial charge in [0.2, 0.25) is 6.79 Å². The molecule has 0 fully saturated rings. The number of nitrogens with one attached hydrogen (secondary N) is 1. The van der Waals surface area contributed by atoms with Crippen LogP contribution in [-0.2, 0) is 16.1 Å². The van der Waals surface area contributed by atoms with Gasteiger partial charge in [0.05, 0.1) is 7.11 Å². The maximum Gasteiger partial charge on any atom is 0.333 e. The predicted octanol–water partition coefficient (Wildman–Crippen LogP) is 1.62. The van der Waals surface area contributed by atoms with Gasteiger partial charge in [-0.2, -0.15) is 0 Å². The van der Waals surface area contributed by atoms with E-state index >= 15 is 0 Å². The Labute approximate surface area is 112 Å². The van der Waals surface area contributed by atoms with E-state index in [1.807, 2.05) is 18.2 Å². The summed E-state index contributed by atoms with van der Waals surface area (Å²) in [7, 11) is 1.37. The molecule has 0 aromatic heterocycles. The zero-order chi connectivity index (χ0) is 13.7. The summed E-state index contributed by atoms with van der Waals surface area (Å²) in [5, 5.41) is 3.22. The van der Waals surface area contributed by atoms with Crippen molar-refractivity contribution in [2.24, 2.45) is 0 Å². The molecule has 102 valence electrons. The van der Waals surface area contributed by atoms with Crippen LogP contribution < -0.4 is 14.8 Å². The second-order valence-corrected chi connectivity index (χ2v) is 4.20. The van der Waals surface area contributed by atoms with E-state index in [9.17, 15) is 4.79 Å². The van der Waals surface area contributed by atoms with Crippen LogP contribution in [0, 0.1) is 0 Å². The SMILES string of the molecule is COC(=O)/C(C)=C/CNCc1ccc2c(c1)OCO2. The fourth-order valence-corrected chi connectivity index (χ4v) is 1.74. The average Bonchev–Trinajstić information content (AvgIpc) is 2.89. The number of ether oxygens (including phenoxy) is 3. The van der Waals surface area contributed by atoms with Crippen molar-refractivity contribution < 1.29 is 19.0 Å². The largest absolute Gasteiger partial charge is 0.466 e. The molecule has 0 saturated heterocycles. The highest BCUT2D eigenvalue weighted by atomic mass is 16.7. The summed E-state index contributed by atoms with van der Waals surface area (Å²) in [5.41, 5.74) is 1.70. The Balaban J connectivity index is 1.82. The van der Waals surface area contributed by atoms with Crippen LogP contribution in [0.2, 0.25) is 0 Å². The lowest BCUT2D eigenvalue weighted by molar-refractivity contribution is -0.136. The molecule has 0 bridgehead atoms. The molecule has 0 amide bonds. The fraction of sp³-hybridized carbons (Fsp3) is 0.357. The van der Waals surface area contributed by atoms with Gasteiger partial charge in [-0.05, 0) is 24.6 Å². The summed E-state index contributed by atoms with van der Waals surface area (Å²) in [6, 6.07) is 5.83. The van der Waals surface area contributed by atoms with Gasteiger partial charge < -0.3 is 19.5 Å². The summed E-state index contributed by atoms with van der Waals surface area (Å²) in [6.07, 6.45) is 1.80. The predicted molar refractivity (Wildman–Crippen MR) is 70.0 cm³/mol. The zero-order valence-electron chi connectivity index (χ0n) is 11.1. The molecule has 0 saturated carbocycles. The second kappa shape index (κ2) is 6.24. The summed E-state index contributed by atoms with van der Waals surface area (Å²) < 4.78 is 15.2. The van der Waals surface area contributed by atoms with Gasteiger partial charge in [0, 0.05) is 18.7 Å². The topological polar surface area (TPSA) is 56.8 Å². The summed E-state index contributed by atoms with van der Waals surface area (Å²) in [6.45, 7) is 3.32. The highest BCUT2D eigenvalue weighted by Crippen LogP contribution is 2.32. The Morgan fingerprint density at radius 3 is 3.00 bits per heavy atom. The number of fused-ring (bicyclic) bond motifs is 1. The van der Waals surface area contributed by atoms with Gasteiger partial charge in [-0.25, -0.2) is 4.79 Å². The Morgan fingerprint density at radius 2 is 2.21 bits per heavy atom. The van der Waals surface area contributed by atoms with E-state index in [-0.39, 0.29) is 12.8 Å². The Morgan fingerprint density at radius 1 is 1.42 bits per heavy atom. The van der Waals surface area contributed by atoms with E-state index in [4.69, 9.17) is 9.47 Å². The zero-order valence-corrected chi connectivity index (χ0v) is 11.1. The lowest BCUT2D eigenvalue weighted by Crippen LogP contribution is -2.14. The van der Waals surface area contributed by atoms with Crippen LogP contribution in [0.3, 0.4) is 0 Å². The van der Waals surface area contributed by atoms with Crippen LogP contribution in [0.15, 0.2) is 29.8 Å². The number of hydrogen-bond donors (Lipinski definition) is 1. The van der Waals surface area contributed by atoms with Gasteiger partial charge in [0.25, 0.3) is 0 Å². The van der Waals surface area contributed by atoms with Gasteiger partial charge in [-0.15, -0.1) is 0 Å². The molecule has 5 heteroatoms. The standard InChI is InChI=1S/C14H17NO4/c1-10(14(16)17-2)5-6-15-8-11-3-4-12-13(7-11)19-9-18-12/h3-5,7,15H,6,8-9H2,1-2H3/b10-5+. The molecular weight excluding hydrogens is 246 g/mol. The number of methoxy groups -OCH3 is 1. The van der Waals surface area contributed by atoms with Crippen molar-refractivity contribution in [1.82, 2.24) is 5.32 Å². The van der Waals surface area contributed by atoms with Crippen molar-refractivity contribution >= 4 is 5.97 Å². The molecule has 1 heterocycles. The van der Waals surface area contributed by atoms with Crippen molar-refractivity contribution in [3.8, 4) is 11.5 Å². The minimum Gasteiger partial charge on any atom is -0.466 e. The Kier molecular flexibility index (Phi) is 4.41. The molecule has 0 radical (unpaired) electrons. The van der Waals surface area contributed by atoms with Crippen molar-refractivity contribution in [3.63, 3.8) is 0 Å². The van der Waals surface area contributed by atoms with Crippen LogP contribution in [0.4, 0.5) is 0 Å².